The number of rotatable bonds is 5. The number of piperazine rings is 1. The van der Waals surface area contributed by atoms with Crippen LogP contribution in [0.15, 0.2) is 41.6 Å². The molecule has 172 valence electrons. The van der Waals surface area contributed by atoms with Crippen molar-refractivity contribution in [2.24, 2.45) is 7.05 Å². The van der Waals surface area contributed by atoms with Crippen LogP contribution >= 0.6 is 0 Å². The second-order valence-electron chi connectivity index (χ2n) is 7.94. The van der Waals surface area contributed by atoms with Crippen LogP contribution in [0, 0.1) is 0 Å². The van der Waals surface area contributed by atoms with Gasteiger partial charge in [0.05, 0.1) is 7.11 Å². The summed E-state index contributed by atoms with van der Waals surface area (Å²) in [4.78, 5) is 33.3. The van der Waals surface area contributed by atoms with E-state index in [9.17, 15) is 18.0 Å². The number of ether oxygens (including phenoxy) is 1. The molecule has 0 aliphatic carbocycles. The highest BCUT2D eigenvalue weighted by molar-refractivity contribution is 7.89. The lowest BCUT2D eigenvalue weighted by Gasteiger charge is -2.37. The van der Waals surface area contributed by atoms with Crippen LogP contribution in [-0.2, 0) is 26.6 Å². The normalized spacial score (nSPS) is 19.9. The number of methoxy groups -OCH3 is 1. The van der Waals surface area contributed by atoms with Crippen LogP contribution in [0.4, 0.5) is 5.82 Å². The van der Waals surface area contributed by atoms with Gasteiger partial charge in [-0.3, -0.25) is 4.79 Å². The zero-order valence-corrected chi connectivity index (χ0v) is 19.0. The summed E-state index contributed by atoms with van der Waals surface area (Å²) in [5.74, 6) is 0.0831. The Morgan fingerprint density at radius 2 is 1.88 bits per heavy atom. The van der Waals surface area contributed by atoms with E-state index >= 15 is 0 Å². The molecule has 1 amide bonds. The summed E-state index contributed by atoms with van der Waals surface area (Å²) in [7, 11) is -1.11. The molecule has 32 heavy (non-hydrogen) atoms. The first kappa shape index (κ1) is 22.3. The van der Waals surface area contributed by atoms with Gasteiger partial charge in [-0.2, -0.15) is 4.31 Å². The molecule has 0 aromatic carbocycles. The Balaban J connectivity index is 1.47. The van der Waals surface area contributed by atoms with E-state index in [4.69, 9.17) is 4.74 Å². The minimum Gasteiger partial charge on any atom is -0.464 e. The van der Waals surface area contributed by atoms with Crippen LogP contribution < -0.4 is 4.90 Å². The fourth-order valence-electron chi connectivity index (χ4n) is 4.30. The zero-order valence-electron chi connectivity index (χ0n) is 18.2. The first-order chi connectivity index (χ1) is 15.3. The predicted octanol–water partition coefficient (Wildman–Crippen LogP) is 0.709. The third-order valence-corrected chi connectivity index (χ3v) is 7.91. The van der Waals surface area contributed by atoms with Gasteiger partial charge in [-0.25, -0.2) is 18.2 Å². The Labute approximate surface area is 187 Å². The van der Waals surface area contributed by atoms with E-state index in [0.29, 0.717) is 39.0 Å². The lowest BCUT2D eigenvalue weighted by Crippen LogP contribution is -2.54. The molecule has 4 rings (SSSR count). The van der Waals surface area contributed by atoms with E-state index in [1.54, 1.807) is 18.1 Å². The summed E-state index contributed by atoms with van der Waals surface area (Å²) < 4.78 is 34.0. The molecule has 1 atom stereocenters. The number of hydrogen-bond acceptors (Lipinski definition) is 7. The van der Waals surface area contributed by atoms with Crippen molar-refractivity contribution < 1.29 is 22.7 Å². The number of hydrogen-bond donors (Lipinski definition) is 0. The minimum absolute atomic E-state index is 0.0138. The monoisotopic (exact) mass is 461 g/mol. The predicted molar refractivity (Wildman–Crippen MR) is 117 cm³/mol. The molecule has 0 bridgehead atoms. The van der Waals surface area contributed by atoms with Crippen LogP contribution in [0.25, 0.3) is 0 Å². The van der Waals surface area contributed by atoms with Gasteiger partial charge in [-0.1, -0.05) is 6.07 Å². The van der Waals surface area contributed by atoms with E-state index in [1.807, 2.05) is 18.2 Å². The molecule has 0 spiro atoms. The van der Waals surface area contributed by atoms with E-state index in [2.05, 4.69) is 9.88 Å². The lowest BCUT2D eigenvalue weighted by atomic mass is 10.2. The van der Waals surface area contributed by atoms with Crippen LogP contribution in [0.2, 0.25) is 0 Å². The Kier molecular flexibility index (Phi) is 6.20. The van der Waals surface area contributed by atoms with Gasteiger partial charge in [0, 0.05) is 52.2 Å². The average Bonchev–Trinajstić information content (AvgIpc) is 3.47. The van der Waals surface area contributed by atoms with Crippen molar-refractivity contribution >= 4 is 27.7 Å². The number of esters is 1. The van der Waals surface area contributed by atoms with Gasteiger partial charge < -0.3 is 19.1 Å². The van der Waals surface area contributed by atoms with E-state index in [0.717, 1.165) is 5.82 Å². The number of carbonyl (C=O) groups excluding carboxylic acids is 2. The molecule has 2 aliphatic rings. The molecule has 11 heteroatoms. The van der Waals surface area contributed by atoms with Crippen molar-refractivity contribution in [3.63, 3.8) is 0 Å². The number of anilines is 1. The van der Waals surface area contributed by atoms with Gasteiger partial charge in [0.1, 0.15) is 22.4 Å². The second-order valence-corrected chi connectivity index (χ2v) is 9.83. The topological polar surface area (TPSA) is 105 Å². The van der Waals surface area contributed by atoms with Gasteiger partial charge in [0.2, 0.25) is 15.9 Å². The van der Waals surface area contributed by atoms with Gasteiger partial charge in [-0.05, 0) is 31.0 Å². The number of amides is 1. The molecule has 0 N–H and O–H groups in total. The van der Waals surface area contributed by atoms with Crippen LogP contribution in [0.1, 0.15) is 23.3 Å². The number of carbonyl (C=O) groups is 2. The Hall–Kier alpha value is -2.92. The van der Waals surface area contributed by atoms with E-state index in [-0.39, 0.29) is 23.0 Å². The lowest BCUT2D eigenvalue weighted by molar-refractivity contribution is -0.134. The van der Waals surface area contributed by atoms with Crippen molar-refractivity contribution in [2.75, 3.05) is 44.7 Å². The van der Waals surface area contributed by atoms with Gasteiger partial charge in [-0.15, -0.1) is 0 Å². The van der Waals surface area contributed by atoms with E-state index < -0.39 is 22.0 Å². The van der Waals surface area contributed by atoms with Crippen molar-refractivity contribution in [3.8, 4) is 0 Å². The third kappa shape index (κ3) is 4.09. The molecule has 2 aromatic rings. The summed E-state index contributed by atoms with van der Waals surface area (Å²) in [6.07, 6.45) is 4.21. The maximum absolute atomic E-state index is 13.3. The average molecular weight is 462 g/mol. The number of aryl methyl sites for hydroxylation is 1. The smallest absolute Gasteiger partial charge is 0.354 e. The first-order valence-electron chi connectivity index (χ1n) is 10.5. The molecule has 2 fully saturated rings. The van der Waals surface area contributed by atoms with Crippen molar-refractivity contribution in [3.05, 3.63) is 42.4 Å². The highest BCUT2D eigenvalue weighted by Gasteiger charge is 2.42. The molecule has 10 nitrogen and oxygen atoms in total. The maximum atomic E-state index is 13.3. The summed E-state index contributed by atoms with van der Waals surface area (Å²) in [6.45, 7) is 2.58. The van der Waals surface area contributed by atoms with Crippen LogP contribution in [0.5, 0.6) is 0 Å². The van der Waals surface area contributed by atoms with Crippen molar-refractivity contribution in [1.82, 2.24) is 18.8 Å². The molecule has 4 heterocycles. The van der Waals surface area contributed by atoms with Crippen molar-refractivity contribution in [2.45, 2.75) is 23.8 Å². The Morgan fingerprint density at radius 3 is 2.53 bits per heavy atom. The molecular formula is C21H27N5O5S. The number of nitrogens with zero attached hydrogens (tertiary/aromatic N) is 5. The molecule has 0 radical (unpaired) electrons. The third-order valence-electron chi connectivity index (χ3n) is 6.03. The van der Waals surface area contributed by atoms with Crippen LogP contribution in [0.3, 0.4) is 0 Å². The van der Waals surface area contributed by atoms with Gasteiger partial charge >= 0.3 is 5.97 Å². The highest BCUT2D eigenvalue weighted by Crippen LogP contribution is 2.29. The fraction of sp³-hybridized carbons (Fsp3) is 0.476. The molecular weight excluding hydrogens is 434 g/mol. The number of sulfonamides is 1. The first-order valence-corrected chi connectivity index (χ1v) is 12.0. The maximum Gasteiger partial charge on any atom is 0.354 e. The molecule has 0 saturated carbocycles. The Bertz CT molecular complexity index is 1090. The quantitative estimate of drug-likeness (QED) is 0.604. The second kappa shape index (κ2) is 8.91. The zero-order chi connectivity index (χ0) is 22.9. The SMILES string of the molecule is COC(=O)c1cc(S(=O)(=O)N2CCCC2C(=O)N2CCN(c3ccccn3)CC2)cn1C. The Morgan fingerprint density at radius 1 is 1.12 bits per heavy atom. The van der Waals surface area contributed by atoms with Crippen LogP contribution in [-0.4, -0.2) is 84.9 Å². The highest BCUT2D eigenvalue weighted by atomic mass is 32.2. The standard InChI is InChI=1S/C21H27N5O5S/c1-23-15-16(14-18(23)21(28)31-2)32(29,30)26-9-5-6-17(26)20(27)25-12-10-24(11-13-25)19-7-3-4-8-22-19/h3-4,7-8,14-15,17H,5-6,9-13H2,1-2H3. The van der Waals surface area contributed by atoms with Gasteiger partial charge in [0.25, 0.3) is 0 Å². The molecule has 1 unspecified atom stereocenters. The minimum atomic E-state index is -3.93. The summed E-state index contributed by atoms with van der Waals surface area (Å²) in [5.41, 5.74) is 0.138. The summed E-state index contributed by atoms with van der Waals surface area (Å²) in [5, 5.41) is 0. The fourth-order valence-corrected chi connectivity index (χ4v) is 6.02. The number of aromatic nitrogens is 2. The van der Waals surface area contributed by atoms with E-state index in [1.165, 1.54) is 28.2 Å². The molecule has 2 saturated heterocycles. The molecule has 2 aromatic heterocycles. The van der Waals surface area contributed by atoms with Crippen molar-refractivity contribution in [1.29, 1.82) is 0 Å². The largest absolute Gasteiger partial charge is 0.464 e. The summed E-state index contributed by atoms with van der Waals surface area (Å²) in [6, 6.07) is 6.29. The summed E-state index contributed by atoms with van der Waals surface area (Å²) >= 11 is 0. The van der Waals surface area contributed by atoms with Gasteiger partial charge in [0.15, 0.2) is 0 Å². The number of pyridine rings is 1. The molecule has 2 aliphatic heterocycles.